The van der Waals surface area contributed by atoms with Crippen molar-refractivity contribution in [1.29, 1.82) is 0 Å². The Bertz CT molecular complexity index is 748. The van der Waals surface area contributed by atoms with E-state index >= 15 is 0 Å². The molecule has 1 amide bonds. The predicted molar refractivity (Wildman–Crippen MR) is 88.1 cm³/mol. The molecule has 0 radical (unpaired) electrons. The van der Waals surface area contributed by atoms with Gasteiger partial charge in [0, 0.05) is 18.1 Å². The van der Waals surface area contributed by atoms with Crippen LogP contribution in [0.4, 0.5) is 0 Å². The number of methoxy groups -OCH3 is 1. The van der Waals surface area contributed by atoms with Crippen molar-refractivity contribution in [3.8, 4) is 5.75 Å². The Balaban J connectivity index is 2.03. The van der Waals surface area contributed by atoms with E-state index in [0.29, 0.717) is 11.4 Å². The smallest absolute Gasteiger partial charge is 0.341 e. The molecule has 7 nitrogen and oxygen atoms in total. The summed E-state index contributed by atoms with van der Waals surface area (Å²) in [5, 5.41) is 0.336. The first-order valence-corrected chi connectivity index (χ1v) is 9.40. The van der Waals surface area contributed by atoms with Gasteiger partial charge in [0.1, 0.15) is 11.3 Å². The molecule has 2 rings (SSSR count). The Kier molecular flexibility index (Phi) is 5.71. The lowest BCUT2D eigenvalue weighted by Crippen LogP contribution is -2.40. The molecule has 0 aromatic heterocycles. The molecule has 1 aromatic carbocycles. The predicted octanol–water partition coefficient (Wildman–Crippen LogP) is 1.15. The Morgan fingerprint density at radius 3 is 2.67 bits per heavy atom. The van der Waals surface area contributed by atoms with Crippen molar-refractivity contribution >= 4 is 33.3 Å². The number of likely N-dealkylation sites (N-methyl/N-ethyl adjacent to an activating group) is 1. The second-order valence-corrected chi connectivity index (χ2v) is 8.15. The van der Waals surface area contributed by atoms with Gasteiger partial charge in [-0.15, -0.1) is 0 Å². The highest BCUT2D eigenvalue weighted by Crippen LogP contribution is 2.24. The van der Waals surface area contributed by atoms with E-state index in [-0.39, 0.29) is 41.4 Å². The van der Waals surface area contributed by atoms with Crippen LogP contribution in [0.3, 0.4) is 0 Å². The minimum absolute atomic E-state index is 0.0381. The fourth-order valence-corrected chi connectivity index (χ4v) is 4.37. The first-order chi connectivity index (χ1) is 11.2. The van der Waals surface area contributed by atoms with Crippen molar-refractivity contribution in [3.63, 3.8) is 0 Å². The molecule has 1 aliphatic rings. The summed E-state index contributed by atoms with van der Waals surface area (Å²) >= 11 is 5.85. The van der Waals surface area contributed by atoms with E-state index in [1.165, 1.54) is 30.2 Å². The van der Waals surface area contributed by atoms with Gasteiger partial charge in [0.25, 0.3) is 5.91 Å². The van der Waals surface area contributed by atoms with E-state index in [1.54, 1.807) is 7.05 Å². The average Bonchev–Trinajstić information content (AvgIpc) is 2.91. The van der Waals surface area contributed by atoms with Gasteiger partial charge in [-0.2, -0.15) is 0 Å². The number of carbonyl (C=O) groups excluding carboxylic acids is 2. The molecule has 132 valence electrons. The van der Waals surface area contributed by atoms with Crippen LogP contribution in [0.2, 0.25) is 5.02 Å². The summed E-state index contributed by atoms with van der Waals surface area (Å²) < 4.78 is 33.1. The fraction of sp³-hybridized carbons (Fsp3) is 0.467. The molecule has 0 bridgehead atoms. The maximum atomic E-state index is 12.2. The summed E-state index contributed by atoms with van der Waals surface area (Å²) in [4.78, 5) is 25.3. The zero-order valence-corrected chi connectivity index (χ0v) is 14.9. The third-order valence-electron chi connectivity index (χ3n) is 3.85. The largest absolute Gasteiger partial charge is 0.483 e. The molecule has 9 heteroatoms. The van der Waals surface area contributed by atoms with Crippen LogP contribution in [0.1, 0.15) is 16.8 Å². The number of hydrogen-bond donors (Lipinski definition) is 0. The first-order valence-electron chi connectivity index (χ1n) is 7.20. The van der Waals surface area contributed by atoms with Gasteiger partial charge in [-0.1, -0.05) is 11.6 Å². The van der Waals surface area contributed by atoms with E-state index in [1.807, 2.05) is 0 Å². The van der Waals surface area contributed by atoms with Crippen molar-refractivity contribution in [3.05, 3.63) is 28.8 Å². The highest BCUT2D eigenvalue weighted by molar-refractivity contribution is 7.91. The lowest BCUT2D eigenvalue weighted by molar-refractivity contribution is -0.133. The van der Waals surface area contributed by atoms with Crippen molar-refractivity contribution in [2.24, 2.45) is 0 Å². The maximum absolute atomic E-state index is 12.2. The maximum Gasteiger partial charge on any atom is 0.341 e. The molecular formula is C15H18ClNO6S. The highest BCUT2D eigenvalue weighted by Gasteiger charge is 2.32. The molecule has 0 N–H and O–H groups in total. The lowest BCUT2D eigenvalue weighted by Gasteiger charge is -2.23. The van der Waals surface area contributed by atoms with Gasteiger partial charge in [0.15, 0.2) is 16.4 Å². The summed E-state index contributed by atoms with van der Waals surface area (Å²) in [6, 6.07) is 4.04. The molecule has 24 heavy (non-hydrogen) atoms. The van der Waals surface area contributed by atoms with Crippen LogP contribution in [0, 0.1) is 0 Å². The minimum atomic E-state index is -3.08. The summed E-state index contributed by atoms with van der Waals surface area (Å²) in [6.07, 6.45) is 0.416. The molecule has 1 aliphatic heterocycles. The van der Waals surface area contributed by atoms with Crippen molar-refractivity contribution in [1.82, 2.24) is 4.90 Å². The van der Waals surface area contributed by atoms with Crippen LogP contribution in [0.25, 0.3) is 0 Å². The standard InChI is InChI=1S/C15H18ClNO6S/c1-17(11-5-6-24(20,21)9-11)14(18)8-23-13-4-3-10(16)7-12(13)15(19)22-2/h3-4,7,11H,5-6,8-9H2,1-2H3/t11-/m0/s1. The van der Waals surface area contributed by atoms with Gasteiger partial charge in [-0.3, -0.25) is 4.79 Å². The van der Waals surface area contributed by atoms with Crippen LogP contribution in [-0.2, 0) is 19.4 Å². The minimum Gasteiger partial charge on any atom is -0.483 e. The lowest BCUT2D eigenvalue weighted by atomic mass is 10.2. The molecule has 1 aromatic rings. The third kappa shape index (κ3) is 4.39. The molecule has 1 fully saturated rings. The topological polar surface area (TPSA) is 90.0 Å². The summed E-state index contributed by atoms with van der Waals surface area (Å²) in [5.74, 6) is -0.784. The number of halogens is 1. The van der Waals surface area contributed by atoms with Gasteiger partial charge in [-0.05, 0) is 24.6 Å². The number of rotatable bonds is 5. The Labute approximate surface area is 145 Å². The number of nitrogens with zero attached hydrogens (tertiary/aromatic N) is 1. The molecule has 1 atom stereocenters. The van der Waals surface area contributed by atoms with E-state index in [4.69, 9.17) is 16.3 Å². The Hall–Kier alpha value is -1.80. The molecule has 1 saturated heterocycles. The monoisotopic (exact) mass is 375 g/mol. The van der Waals surface area contributed by atoms with E-state index in [0.717, 1.165) is 0 Å². The quantitative estimate of drug-likeness (QED) is 0.717. The van der Waals surface area contributed by atoms with Crippen LogP contribution < -0.4 is 4.74 Å². The van der Waals surface area contributed by atoms with Crippen LogP contribution in [-0.4, -0.2) is 63.5 Å². The van der Waals surface area contributed by atoms with Crippen molar-refractivity contribution < 1.29 is 27.5 Å². The summed E-state index contributed by atoms with van der Waals surface area (Å²) in [6.45, 7) is -0.321. The number of benzene rings is 1. The first kappa shape index (κ1) is 18.5. The van der Waals surface area contributed by atoms with E-state index in [2.05, 4.69) is 4.74 Å². The normalized spacial score (nSPS) is 18.9. The second-order valence-electron chi connectivity index (χ2n) is 5.48. The number of ether oxygens (including phenoxy) is 2. The zero-order valence-electron chi connectivity index (χ0n) is 13.3. The second kappa shape index (κ2) is 7.40. The molecule has 0 unspecified atom stereocenters. The average molecular weight is 376 g/mol. The molecule has 0 spiro atoms. The van der Waals surface area contributed by atoms with E-state index in [9.17, 15) is 18.0 Å². The van der Waals surface area contributed by atoms with Gasteiger partial charge < -0.3 is 14.4 Å². The third-order valence-corrected chi connectivity index (χ3v) is 5.83. The van der Waals surface area contributed by atoms with Crippen molar-refractivity contribution in [2.75, 3.05) is 32.3 Å². The molecule has 0 saturated carbocycles. The number of hydrogen-bond acceptors (Lipinski definition) is 6. The number of carbonyl (C=O) groups is 2. The summed E-state index contributed by atoms with van der Waals surface area (Å²) in [7, 11) is -0.307. The van der Waals surface area contributed by atoms with Crippen LogP contribution >= 0.6 is 11.6 Å². The Morgan fingerprint density at radius 2 is 2.08 bits per heavy atom. The van der Waals surface area contributed by atoms with Gasteiger partial charge in [0.05, 0.1) is 18.6 Å². The number of sulfone groups is 1. The molecule has 1 heterocycles. The van der Waals surface area contributed by atoms with Gasteiger partial charge in [-0.25, -0.2) is 13.2 Å². The zero-order chi connectivity index (χ0) is 17.9. The number of amides is 1. The van der Waals surface area contributed by atoms with E-state index < -0.39 is 15.8 Å². The van der Waals surface area contributed by atoms with Crippen LogP contribution in [0.5, 0.6) is 5.75 Å². The fourth-order valence-electron chi connectivity index (χ4n) is 2.42. The SMILES string of the molecule is COC(=O)c1cc(Cl)ccc1OCC(=O)N(C)[C@H]1CCS(=O)(=O)C1. The Morgan fingerprint density at radius 1 is 1.38 bits per heavy atom. The van der Waals surface area contributed by atoms with Gasteiger partial charge >= 0.3 is 5.97 Å². The summed E-state index contributed by atoms with van der Waals surface area (Å²) in [5.41, 5.74) is 0.115. The van der Waals surface area contributed by atoms with Crippen LogP contribution in [0.15, 0.2) is 18.2 Å². The molecular weight excluding hydrogens is 358 g/mol. The van der Waals surface area contributed by atoms with Gasteiger partial charge in [0.2, 0.25) is 0 Å². The highest BCUT2D eigenvalue weighted by atomic mass is 35.5. The molecule has 0 aliphatic carbocycles. The van der Waals surface area contributed by atoms with Crippen molar-refractivity contribution in [2.45, 2.75) is 12.5 Å². The number of esters is 1.